The molecule has 146 valence electrons. The minimum absolute atomic E-state index is 0.390. The lowest BCUT2D eigenvalue weighted by Crippen LogP contribution is -2.65. The van der Waals surface area contributed by atoms with E-state index in [9.17, 15) is 0 Å². The molecule has 4 saturated carbocycles. The molecule has 0 aromatic rings. The van der Waals surface area contributed by atoms with Crippen molar-refractivity contribution in [1.29, 1.82) is 0 Å². The zero-order valence-electron chi connectivity index (χ0n) is 17.4. The van der Waals surface area contributed by atoms with Gasteiger partial charge in [0, 0.05) is 12.6 Å². The lowest BCUT2D eigenvalue weighted by Gasteiger charge is -2.58. The first kappa shape index (κ1) is 18.7. The molecular weight excluding hydrogens is 318 g/mol. The third-order valence-electron chi connectivity index (χ3n) is 8.80. The molecule has 2 bridgehead atoms. The maximum Gasteiger partial charge on any atom is 0.0516 e. The molecule has 26 heavy (non-hydrogen) atoms. The van der Waals surface area contributed by atoms with Crippen molar-refractivity contribution >= 4 is 0 Å². The summed E-state index contributed by atoms with van der Waals surface area (Å²) in [5, 5.41) is 3.88. The fourth-order valence-electron chi connectivity index (χ4n) is 7.34. The zero-order chi connectivity index (χ0) is 18.4. The number of rotatable bonds is 5. The highest BCUT2D eigenvalue weighted by atomic mass is 16.5. The lowest BCUT2D eigenvalue weighted by atomic mass is 9.53. The van der Waals surface area contributed by atoms with Gasteiger partial charge in [0.15, 0.2) is 0 Å². The van der Waals surface area contributed by atoms with Gasteiger partial charge in [0.25, 0.3) is 0 Å². The lowest BCUT2D eigenvalue weighted by molar-refractivity contribution is -0.0327. The highest BCUT2D eigenvalue weighted by molar-refractivity contribution is 5.28. The summed E-state index contributed by atoms with van der Waals surface area (Å²) in [6.45, 7) is 5.92. The minimum Gasteiger partial charge on any atom is -0.384 e. The van der Waals surface area contributed by atoms with E-state index in [0.29, 0.717) is 11.0 Å². The number of ether oxygens (including phenoxy) is 1. The van der Waals surface area contributed by atoms with E-state index < -0.39 is 0 Å². The van der Waals surface area contributed by atoms with Crippen molar-refractivity contribution in [3.8, 4) is 0 Å². The summed E-state index contributed by atoms with van der Waals surface area (Å²) in [6.07, 6.45) is 18.2. The van der Waals surface area contributed by atoms with Gasteiger partial charge in [-0.1, -0.05) is 32.1 Å². The van der Waals surface area contributed by atoms with E-state index >= 15 is 0 Å². The Balaban J connectivity index is 1.59. The van der Waals surface area contributed by atoms with Crippen molar-refractivity contribution in [3.63, 3.8) is 0 Å². The van der Waals surface area contributed by atoms with Gasteiger partial charge in [-0.05, 0) is 99.0 Å². The van der Waals surface area contributed by atoms with Crippen LogP contribution in [0.4, 0.5) is 0 Å². The predicted molar refractivity (Wildman–Crippen MR) is 109 cm³/mol. The van der Waals surface area contributed by atoms with Crippen molar-refractivity contribution in [2.75, 3.05) is 20.8 Å². The van der Waals surface area contributed by atoms with Gasteiger partial charge in [-0.2, -0.15) is 0 Å². The van der Waals surface area contributed by atoms with Gasteiger partial charge in [-0.25, -0.2) is 0 Å². The highest BCUT2D eigenvalue weighted by Crippen LogP contribution is 2.61. The number of hydrogen-bond donors (Lipinski definition) is 1. The van der Waals surface area contributed by atoms with Crippen molar-refractivity contribution in [3.05, 3.63) is 23.8 Å². The van der Waals surface area contributed by atoms with Crippen LogP contribution in [-0.4, -0.2) is 26.3 Å². The quantitative estimate of drug-likeness (QED) is 0.715. The van der Waals surface area contributed by atoms with Crippen molar-refractivity contribution in [2.24, 2.45) is 35.0 Å². The smallest absolute Gasteiger partial charge is 0.0516 e. The Hall–Kier alpha value is -0.600. The Kier molecular flexibility index (Phi) is 5.11. The molecule has 1 unspecified atom stereocenters. The van der Waals surface area contributed by atoms with Crippen LogP contribution in [0.2, 0.25) is 0 Å². The van der Waals surface area contributed by atoms with Gasteiger partial charge >= 0.3 is 0 Å². The summed E-state index contributed by atoms with van der Waals surface area (Å²) in [4.78, 5) is 0. The normalized spacial score (nSPS) is 48.0. The van der Waals surface area contributed by atoms with Crippen LogP contribution in [0.25, 0.3) is 0 Å². The van der Waals surface area contributed by atoms with E-state index in [1.165, 1.54) is 51.4 Å². The molecule has 0 radical (unpaired) electrons. The maximum atomic E-state index is 5.58. The summed E-state index contributed by atoms with van der Waals surface area (Å²) in [6, 6.07) is 0. The van der Waals surface area contributed by atoms with E-state index in [1.807, 2.05) is 7.11 Å². The van der Waals surface area contributed by atoms with Gasteiger partial charge in [0.05, 0.1) is 6.61 Å². The Morgan fingerprint density at radius 3 is 2.69 bits per heavy atom. The molecule has 0 spiro atoms. The largest absolute Gasteiger partial charge is 0.384 e. The van der Waals surface area contributed by atoms with Crippen LogP contribution < -0.4 is 5.32 Å². The molecule has 0 amide bonds. The van der Waals surface area contributed by atoms with Gasteiger partial charge in [-0.3, -0.25) is 0 Å². The van der Waals surface area contributed by atoms with Crippen LogP contribution in [0, 0.1) is 35.0 Å². The standard InChI is InChI=1S/C24H39NO/c1-17-21-12-20(18-8-6-5-7-9-18)13-22(24(17,15-21)25-3)19-10-11-23(2,14-19)16-26-4/h6,8-9,17,19-22,25H,5,7,10-16H2,1-4H3/t17-,19-,20+,21-,22-,23?,24-/m0/s1. The fourth-order valence-corrected chi connectivity index (χ4v) is 7.34. The van der Waals surface area contributed by atoms with Gasteiger partial charge in [0.2, 0.25) is 0 Å². The summed E-state index contributed by atoms with van der Waals surface area (Å²) in [7, 11) is 4.11. The first-order valence-electron chi connectivity index (χ1n) is 11.1. The predicted octanol–water partition coefficient (Wildman–Crippen LogP) is 5.36. The average Bonchev–Trinajstić information content (AvgIpc) is 2.88. The molecule has 0 heterocycles. The minimum atomic E-state index is 0.390. The van der Waals surface area contributed by atoms with E-state index in [-0.39, 0.29) is 0 Å². The molecule has 4 fully saturated rings. The zero-order valence-corrected chi connectivity index (χ0v) is 17.4. The first-order chi connectivity index (χ1) is 12.5. The van der Waals surface area contributed by atoms with E-state index in [0.717, 1.165) is 36.2 Å². The Labute approximate surface area is 160 Å². The van der Waals surface area contributed by atoms with Crippen molar-refractivity contribution in [2.45, 2.75) is 70.8 Å². The average molecular weight is 358 g/mol. The molecule has 7 atom stereocenters. The topological polar surface area (TPSA) is 21.3 Å². The highest BCUT2D eigenvalue weighted by Gasteiger charge is 2.60. The first-order valence-corrected chi connectivity index (χ1v) is 11.1. The second kappa shape index (κ2) is 7.09. The Morgan fingerprint density at radius 1 is 1.19 bits per heavy atom. The molecule has 5 aliphatic carbocycles. The molecular formula is C24H39NO. The number of methoxy groups -OCH3 is 1. The fraction of sp³-hybridized carbons (Fsp3) is 0.833. The van der Waals surface area contributed by atoms with E-state index in [2.05, 4.69) is 44.4 Å². The Bertz CT molecular complexity index is 581. The van der Waals surface area contributed by atoms with E-state index in [4.69, 9.17) is 4.74 Å². The van der Waals surface area contributed by atoms with Crippen LogP contribution in [0.1, 0.15) is 65.2 Å². The third-order valence-corrected chi connectivity index (χ3v) is 8.80. The molecule has 2 heteroatoms. The molecule has 1 N–H and O–H groups in total. The number of hydrogen-bond acceptors (Lipinski definition) is 2. The summed E-state index contributed by atoms with van der Waals surface area (Å²) in [5.41, 5.74) is 2.44. The van der Waals surface area contributed by atoms with Crippen LogP contribution in [0.15, 0.2) is 23.8 Å². The molecule has 0 aromatic carbocycles. The Morgan fingerprint density at radius 2 is 2.04 bits per heavy atom. The van der Waals surface area contributed by atoms with E-state index in [1.54, 1.807) is 5.57 Å². The third kappa shape index (κ3) is 3.02. The summed E-state index contributed by atoms with van der Waals surface area (Å²) >= 11 is 0. The second-order valence-corrected chi connectivity index (χ2v) is 10.2. The summed E-state index contributed by atoms with van der Waals surface area (Å²) in [5.74, 6) is 4.21. The van der Waals surface area contributed by atoms with Gasteiger partial charge in [0.1, 0.15) is 0 Å². The van der Waals surface area contributed by atoms with Crippen molar-refractivity contribution < 1.29 is 4.74 Å². The number of nitrogens with one attached hydrogen (secondary N) is 1. The molecule has 0 saturated heterocycles. The van der Waals surface area contributed by atoms with Crippen LogP contribution in [-0.2, 0) is 4.74 Å². The molecule has 2 nitrogen and oxygen atoms in total. The van der Waals surface area contributed by atoms with Crippen LogP contribution in [0.5, 0.6) is 0 Å². The number of fused-ring (bicyclic) bond motifs is 3. The van der Waals surface area contributed by atoms with Gasteiger partial charge in [-0.15, -0.1) is 0 Å². The van der Waals surface area contributed by atoms with Gasteiger partial charge < -0.3 is 10.1 Å². The van der Waals surface area contributed by atoms with Crippen LogP contribution >= 0.6 is 0 Å². The second-order valence-electron chi connectivity index (χ2n) is 10.2. The monoisotopic (exact) mass is 357 g/mol. The molecule has 0 aromatic heterocycles. The number of allylic oxidation sites excluding steroid dienone is 4. The molecule has 5 aliphatic rings. The van der Waals surface area contributed by atoms with Crippen LogP contribution in [0.3, 0.4) is 0 Å². The SMILES string of the molecule is CN[C@]12C[C@H](C[C@@H](C3=CCCC=C3)C[C@H]1[C@H]1CCC(C)(COC)C1)[C@@H]2C. The molecule has 5 rings (SSSR count). The summed E-state index contributed by atoms with van der Waals surface area (Å²) < 4.78 is 5.58. The van der Waals surface area contributed by atoms with Crippen molar-refractivity contribution in [1.82, 2.24) is 5.32 Å². The maximum absolute atomic E-state index is 5.58. The molecule has 0 aliphatic heterocycles.